The molecule has 0 saturated carbocycles. The third-order valence-electron chi connectivity index (χ3n) is 2.62. The zero-order chi connectivity index (χ0) is 13.8. The predicted molar refractivity (Wildman–Crippen MR) is 71.6 cm³/mol. The van der Waals surface area contributed by atoms with Crippen LogP contribution in [-0.4, -0.2) is 42.1 Å². The fraction of sp³-hybridized carbons (Fsp3) is 0.692. The number of hydrogen-bond acceptors (Lipinski definition) is 2. The first kappa shape index (κ1) is 16.5. The second-order valence-electron chi connectivity index (χ2n) is 4.29. The van der Waals surface area contributed by atoms with Crippen LogP contribution < -0.4 is 5.32 Å². The molecule has 5 nitrogen and oxygen atoms in total. The molecule has 0 fully saturated rings. The first-order valence-corrected chi connectivity index (χ1v) is 6.39. The molecular formula is C13H24N2O3. The van der Waals surface area contributed by atoms with Gasteiger partial charge in [-0.3, -0.25) is 4.79 Å². The average molecular weight is 256 g/mol. The summed E-state index contributed by atoms with van der Waals surface area (Å²) in [5, 5.41) is 11.3. The molecule has 0 aliphatic carbocycles. The predicted octanol–water partition coefficient (Wildman–Crippen LogP) is 2.24. The summed E-state index contributed by atoms with van der Waals surface area (Å²) in [6.45, 7) is 4.54. The Morgan fingerprint density at radius 1 is 1.28 bits per heavy atom. The Balaban J connectivity index is 3.45. The molecule has 5 heteroatoms. The van der Waals surface area contributed by atoms with Gasteiger partial charge >= 0.3 is 12.0 Å². The molecule has 0 aromatic rings. The lowest BCUT2D eigenvalue weighted by Crippen LogP contribution is -2.38. The van der Waals surface area contributed by atoms with Crippen molar-refractivity contribution in [3.05, 3.63) is 12.7 Å². The van der Waals surface area contributed by atoms with Crippen molar-refractivity contribution in [1.82, 2.24) is 10.2 Å². The van der Waals surface area contributed by atoms with Crippen LogP contribution in [0, 0.1) is 0 Å². The Hall–Kier alpha value is -1.52. The molecule has 0 spiro atoms. The Labute approximate surface area is 109 Å². The lowest BCUT2D eigenvalue weighted by atomic mass is 10.1. The van der Waals surface area contributed by atoms with Crippen LogP contribution in [0.15, 0.2) is 12.7 Å². The summed E-state index contributed by atoms with van der Waals surface area (Å²) in [6, 6.07) is -0.206. The first-order chi connectivity index (χ1) is 8.57. The van der Waals surface area contributed by atoms with Gasteiger partial charge in [-0.15, -0.1) is 6.58 Å². The van der Waals surface area contributed by atoms with E-state index in [0.29, 0.717) is 6.54 Å². The van der Waals surface area contributed by atoms with Gasteiger partial charge < -0.3 is 15.3 Å². The summed E-state index contributed by atoms with van der Waals surface area (Å²) in [4.78, 5) is 23.2. The highest BCUT2D eigenvalue weighted by atomic mass is 16.4. The molecule has 0 aliphatic rings. The molecule has 0 bridgehead atoms. The second-order valence-corrected chi connectivity index (χ2v) is 4.29. The number of amides is 2. The minimum Gasteiger partial charge on any atom is -0.481 e. The van der Waals surface area contributed by atoms with Gasteiger partial charge in [-0.2, -0.15) is 0 Å². The molecule has 2 amide bonds. The first-order valence-electron chi connectivity index (χ1n) is 6.39. The highest BCUT2D eigenvalue weighted by Crippen LogP contribution is 2.02. The Kier molecular flexibility index (Phi) is 9.73. The standard InChI is InChI=1S/C13H24N2O3/c1-3-4-5-6-7-8-10-14-13(18)15(2)11-9-12(16)17/h3H,1,4-11H2,2H3,(H,14,18)(H,16,17). The van der Waals surface area contributed by atoms with E-state index in [-0.39, 0.29) is 19.0 Å². The number of aliphatic carboxylic acids is 1. The molecule has 0 atom stereocenters. The number of carbonyl (C=O) groups excluding carboxylic acids is 1. The van der Waals surface area contributed by atoms with E-state index in [1.165, 1.54) is 4.90 Å². The van der Waals surface area contributed by atoms with Crippen molar-refractivity contribution in [1.29, 1.82) is 0 Å². The van der Waals surface area contributed by atoms with Crippen molar-refractivity contribution in [3.63, 3.8) is 0 Å². The molecule has 0 saturated heterocycles. The zero-order valence-electron chi connectivity index (χ0n) is 11.2. The normalized spacial score (nSPS) is 9.83. The molecule has 0 aromatic heterocycles. The van der Waals surface area contributed by atoms with Crippen molar-refractivity contribution in [3.8, 4) is 0 Å². The number of carbonyl (C=O) groups is 2. The summed E-state index contributed by atoms with van der Waals surface area (Å²) >= 11 is 0. The minimum atomic E-state index is -0.892. The van der Waals surface area contributed by atoms with E-state index in [1.807, 2.05) is 6.08 Å². The summed E-state index contributed by atoms with van der Waals surface area (Å²) in [5.74, 6) is -0.892. The van der Waals surface area contributed by atoms with Crippen LogP contribution in [0.1, 0.15) is 38.5 Å². The Morgan fingerprint density at radius 2 is 1.94 bits per heavy atom. The van der Waals surface area contributed by atoms with E-state index < -0.39 is 5.97 Å². The van der Waals surface area contributed by atoms with Gasteiger partial charge in [-0.25, -0.2) is 4.79 Å². The molecule has 0 rings (SSSR count). The van der Waals surface area contributed by atoms with Gasteiger partial charge in [0, 0.05) is 20.1 Å². The van der Waals surface area contributed by atoms with Crippen LogP contribution >= 0.6 is 0 Å². The van der Waals surface area contributed by atoms with E-state index in [2.05, 4.69) is 11.9 Å². The van der Waals surface area contributed by atoms with Crippen molar-refractivity contribution in [2.45, 2.75) is 38.5 Å². The molecule has 0 unspecified atom stereocenters. The third kappa shape index (κ3) is 9.69. The average Bonchev–Trinajstić information content (AvgIpc) is 2.34. The van der Waals surface area contributed by atoms with Crippen LogP contribution in [-0.2, 0) is 4.79 Å². The number of urea groups is 1. The van der Waals surface area contributed by atoms with E-state index in [0.717, 1.165) is 32.1 Å². The molecule has 0 heterocycles. The van der Waals surface area contributed by atoms with E-state index in [1.54, 1.807) is 7.05 Å². The van der Waals surface area contributed by atoms with Gasteiger partial charge in [0.15, 0.2) is 0 Å². The van der Waals surface area contributed by atoms with Crippen molar-refractivity contribution < 1.29 is 14.7 Å². The lowest BCUT2D eigenvalue weighted by molar-refractivity contribution is -0.137. The van der Waals surface area contributed by atoms with Crippen LogP contribution in [0.25, 0.3) is 0 Å². The number of rotatable bonds is 10. The van der Waals surface area contributed by atoms with Gasteiger partial charge in [0.2, 0.25) is 0 Å². The second kappa shape index (κ2) is 10.6. The number of nitrogens with one attached hydrogen (secondary N) is 1. The van der Waals surface area contributed by atoms with Crippen molar-refractivity contribution in [2.75, 3.05) is 20.1 Å². The topological polar surface area (TPSA) is 69.6 Å². The molecule has 2 N–H and O–H groups in total. The van der Waals surface area contributed by atoms with E-state index in [9.17, 15) is 9.59 Å². The van der Waals surface area contributed by atoms with Gasteiger partial charge in [0.25, 0.3) is 0 Å². The maximum absolute atomic E-state index is 11.5. The van der Waals surface area contributed by atoms with Crippen LogP contribution in [0.4, 0.5) is 4.79 Å². The molecule has 18 heavy (non-hydrogen) atoms. The number of carboxylic acid groups (broad SMARTS) is 1. The molecule has 0 aromatic carbocycles. The van der Waals surface area contributed by atoms with Crippen LogP contribution in [0.3, 0.4) is 0 Å². The SMILES string of the molecule is C=CCCCCCCNC(=O)N(C)CCC(=O)O. The van der Waals surface area contributed by atoms with Crippen molar-refractivity contribution in [2.24, 2.45) is 0 Å². The summed E-state index contributed by atoms with van der Waals surface area (Å²) < 4.78 is 0. The Bertz CT molecular complexity index is 267. The molecule has 0 aliphatic heterocycles. The highest BCUT2D eigenvalue weighted by molar-refractivity contribution is 5.74. The summed E-state index contributed by atoms with van der Waals surface area (Å²) in [7, 11) is 1.60. The molecule has 0 radical (unpaired) electrons. The van der Waals surface area contributed by atoms with Crippen molar-refractivity contribution >= 4 is 12.0 Å². The van der Waals surface area contributed by atoms with Gasteiger partial charge in [0.1, 0.15) is 0 Å². The smallest absolute Gasteiger partial charge is 0.317 e. The number of unbranched alkanes of at least 4 members (excludes halogenated alkanes) is 4. The molecule has 104 valence electrons. The van der Waals surface area contributed by atoms with E-state index >= 15 is 0 Å². The minimum absolute atomic E-state index is 0.0223. The Morgan fingerprint density at radius 3 is 2.56 bits per heavy atom. The number of nitrogens with zero attached hydrogens (tertiary/aromatic N) is 1. The monoisotopic (exact) mass is 256 g/mol. The summed E-state index contributed by atoms with van der Waals surface area (Å²) in [6.07, 6.45) is 7.28. The number of allylic oxidation sites excluding steroid dienone is 1. The quantitative estimate of drug-likeness (QED) is 0.465. The fourth-order valence-electron chi connectivity index (χ4n) is 1.46. The molecular weight excluding hydrogens is 232 g/mol. The lowest BCUT2D eigenvalue weighted by Gasteiger charge is -2.16. The van der Waals surface area contributed by atoms with Crippen LogP contribution in [0.2, 0.25) is 0 Å². The number of hydrogen-bond donors (Lipinski definition) is 2. The highest BCUT2D eigenvalue weighted by Gasteiger charge is 2.08. The third-order valence-corrected chi connectivity index (χ3v) is 2.62. The number of carboxylic acids is 1. The van der Waals surface area contributed by atoms with Crippen LogP contribution in [0.5, 0.6) is 0 Å². The maximum atomic E-state index is 11.5. The summed E-state index contributed by atoms with van der Waals surface area (Å²) in [5.41, 5.74) is 0. The van der Waals surface area contributed by atoms with Gasteiger partial charge in [0.05, 0.1) is 6.42 Å². The van der Waals surface area contributed by atoms with Gasteiger partial charge in [-0.1, -0.05) is 18.9 Å². The maximum Gasteiger partial charge on any atom is 0.317 e. The zero-order valence-corrected chi connectivity index (χ0v) is 11.2. The van der Waals surface area contributed by atoms with E-state index in [4.69, 9.17) is 5.11 Å². The van der Waals surface area contributed by atoms with Gasteiger partial charge in [-0.05, 0) is 19.3 Å². The fourth-order valence-corrected chi connectivity index (χ4v) is 1.46. The largest absolute Gasteiger partial charge is 0.481 e.